The lowest BCUT2D eigenvalue weighted by Crippen LogP contribution is -2.65. The van der Waals surface area contributed by atoms with E-state index in [9.17, 15) is 4.79 Å². The summed E-state index contributed by atoms with van der Waals surface area (Å²) in [6.45, 7) is 3.96. The molecule has 0 unspecified atom stereocenters. The summed E-state index contributed by atoms with van der Waals surface area (Å²) in [5.41, 5.74) is 4.12. The molecule has 9 heteroatoms. The van der Waals surface area contributed by atoms with Gasteiger partial charge in [-0.2, -0.15) is 4.98 Å². The lowest BCUT2D eigenvalue weighted by atomic mass is 9.84. The highest BCUT2D eigenvalue weighted by atomic mass is 16.5. The Bertz CT molecular complexity index is 1210. The van der Waals surface area contributed by atoms with Crippen molar-refractivity contribution in [3.05, 3.63) is 54.5 Å². The Hall–Kier alpha value is -3.56. The van der Waals surface area contributed by atoms with Crippen molar-refractivity contribution in [3.8, 4) is 11.1 Å². The predicted octanol–water partition coefficient (Wildman–Crippen LogP) is 3.57. The van der Waals surface area contributed by atoms with Crippen molar-refractivity contribution >= 4 is 29.0 Å². The molecule has 0 atom stereocenters. The fraction of sp³-hybridized carbons (Fsp3) is 0.385. The second-order valence-electron chi connectivity index (χ2n) is 8.94. The third-order valence-electron chi connectivity index (χ3n) is 6.85. The van der Waals surface area contributed by atoms with Gasteiger partial charge >= 0.3 is 0 Å². The first-order chi connectivity index (χ1) is 17.0. The number of amides is 1. The summed E-state index contributed by atoms with van der Waals surface area (Å²) in [6, 6.07) is 12.2. The van der Waals surface area contributed by atoms with Crippen molar-refractivity contribution in [1.82, 2.24) is 15.0 Å². The molecule has 1 amide bonds. The predicted molar refractivity (Wildman–Crippen MR) is 135 cm³/mol. The Morgan fingerprint density at radius 3 is 2.60 bits per heavy atom. The van der Waals surface area contributed by atoms with Crippen LogP contribution in [0.1, 0.15) is 18.5 Å². The largest absolute Gasteiger partial charge is 0.383 e. The maximum Gasteiger partial charge on any atom is 0.253 e. The number of hydrogen-bond acceptors (Lipinski definition) is 8. The first kappa shape index (κ1) is 23.2. The molecule has 0 saturated carbocycles. The Morgan fingerprint density at radius 2 is 1.89 bits per heavy atom. The summed E-state index contributed by atoms with van der Waals surface area (Å²) in [5.74, 6) is 1.26. The van der Waals surface area contributed by atoms with Crippen molar-refractivity contribution < 1.29 is 14.3 Å². The highest BCUT2D eigenvalue weighted by Gasteiger charge is 2.51. The van der Waals surface area contributed by atoms with Crippen LogP contribution in [0.25, 0.3) is 11.1 Å². The van der Waals surface area contributed by atoms with Gasteiger partial charge in [0.05, 0.1) is 12.8 Å². The molecule has 1 fully saturated rings. The van der Waals surface area contributed by atoms with Crippen molar-refractivity contribution in [2.75, 3.05) is 55.6 Å². The average Bonchev–Trinajstić information content (AvgIpc) is 2.89. The summed E-state index contributed by atoms with van der Waals surface area (Å²) < 4.78 is 10.9. The van der Waals surface area contributed by atoms with E-state index in [1.165, 1.54) is 0 Å². The minimum Gasteiger partial charge on any atom is -0.383 e. The van der Waals surface area contributed by atoms with E-state index in [0.717, 1.165) is 28.3 Å². The van der Waals surface area contributed by atoms with Crippen LogP contribution < -0.4 is 15.1 Å². The van der Waals surface area contributed by atoms with E-state index in [0.29, 0.717) is 50.8 Å². The summed E-state index contributed by atoms with van der Waals surface area (Å²) in [4.78, 5) is 31.0. The number of rotatable bonds is 6. The van der Waals surface area contributed by atoms with Gasteiger partial charge in [-0.05, 0) is 42.3 Å². The Balaban J connectivity index is 1.43. The van der Waals surface area contributed by atoms with Crippen LogP contribution in [-0.4, -0.2) is 66.9 Å². The van der Waals surface area contributed by atoms with Crippen LogP contribution in [0.3, 0.4) is 0 Å². The number of hydrogen-bond donors (Lipinski definition) is 1. The molecule has 4 heterocycles. The van der Waals surface area contributed by atoms with Crippen molar-refractivity contribution in [1.29, 1.82) is 0 Å². The zero-order valence-electron chi connectivity index (χ0n) is 20.3. The van der Waals surface area contributed by atoms with Crippen LogP contribution in [0.2, 0.25) is 0 Å². The Kier molecular flexibility index (Phi) is 6.36. The van der Waals surface area contributed by atoms with Gasteiger partial charge in [0.1, 0.15) is 11.2 Å². The number of carbonyl (C=O) groups is 1. The lowest BCUT2D eigenvalue weighted by molar-refractivity contribution is -0.127. The second kappa shape index (κ2) is 9.59. The molecule has 0 aliphatic carbocycles. The van der Waals surface area contributed by atoms with E-state index in [-0.39, 0.29) is 5.91 Å². The molecule has 1 saturated heterocycles. The number of fused-ring (bicyclic) bond motifs is 1. The Morgan fingerprint density at radius 1 is 1.11 bits per heavy atom. The minimum atomic E-state index is -0.672. The summed E-state index contributed by atoms with van der Waals surface area (Å²) in [5, 5.41) is 3.31. The highest BCUT2D eigenvalue weighted by Crippen LogP contribution is 2.42. The van der Waals surface area contributed by atoms with E-state index in [2.05, 4.69) is 33.5 Å². The molecule has 3 aromatic rings. The Labute approximate surface area is 205 Å². The quantitative estimate of drug-likeness (QED) is 0.580. The molecule has 9 nitrogen and oxygen atoms in total. The summed E-state index contributed by atoms with van der Waals surface area (Å²) in [6.07, 6.45) is 4.77. The minimum absolute atomic E-state index is 0.0547. The fourth-order valence-corrected chi connectivity index (χ4v) is 4.83. The monoisotopic (exact) mass is 474 g/mol. The summed E-state index contributed by atoms with van der Waals surface area (Å²) in [7, 11) is 3.58. The van der Waals surface area contributed by atoms with E-state index >= 15 is 0 Å². The fourth-order valence-electron chi connectivity index (χ4n) is 4.83. The van der Waals surface area contributed by atoms with Gasteiger partial charge in [0, 0.05) is 64.3 Å². The van der Waals surface area contributed by atoms with E-state index in [1.54, 1.807) is 18.2 Å². The van der Waals surface area contributed by atoms with Crippen LogP contribution in [0.5, 0.6) is 0 Å². The van der Waals surface area contributed by atoms with Gasteiger partial charge in [0.15, 0.2) is 5.82 Å². The molecule has 182 valence electrons. The molecule has 1 N–H and O–H groups in total. The van der Waals surface area contributed by atoms with Crippen LogP contribution >= 0.6 is 0 Å². The first-order valence-electron chi connectivity index (χ1n) is 11.8. The molecule has 5 rings (SSSR count). The third-order valence-corrected chi connectivity index (χ3v) is 6.85. The second-order valence-corrected chi connectivity index (χ2v) is 8.94. The molecule has 35 heavy (non-hydrogen) atoms. The van der Waals surface area contributed by atoms with Gasteiger partial charge in [-0.25, -0.2) is 4.98 Å². The zero-order chi connectivity index (χ0) is 24.4. The molecular weight excluding hydrogens is 444 g/mol. The van der Waals surface area contributed by atoms with Crippen molar-refractivity contribution in [2.24, 2.45) is 0 Å². The maximum atomic E-state index is 13.6. The number of anilines is 4. The number of ether oxygens (including phenoxy) is 2. The number of carbonyl (C=O) groups excluding carboxylic acids is 1. The van der Waals surface area contributed by atoms with E-state index in [4.69, 9.17) is 14.5 Å². The number of nitrogens with one attached hydrogen (secondary N) is 1. The van der Waals surface area contributed by atoms with Gasteiger partial charge in [-0.3, -0.25) is 9.78 Å². The molecule has 1 spiro atoms. The maximum absolute atomic E-state index is 13.6. The number of nitrogens with zero attached hydrogens (tertiary/aromatic N) is 5. The number of methoxy groups -OCH3 is 1. The zero-order valence-corrected chi connectivity index (χ0v) is 20.3. The van der Waals surface area contributed by atoms with Gasteiger partial charge in [0.25, 0.3) is 5.91 Å². The lowest BCUT2D eigenvalue weighted by Gasteiger charge is -2.50. The van der Waals surface area contributed by atoms with Gasteiger partial charge < -0.3 is 24.6 Å². The topological polar surface area (TPSA) is 92.7 Å². The number of likely N-dealkylation sites (N-methyl/N-ethyl adjacent to an activating group) is 1. The van der Waals surface area contributed by atoms with Crippen LogP contribution in [0, 0.1) is 6.92 Å². The van der Waals surface area contributed by atoms with E-state index in [1.807, 2.05) is 43.3 Å². The van der Waals surface area contributed by atoms with Crippen LogP contribution in [-0.2, 0) is 14.3 Å². The van der Waals surface area contributed by atoms with Crippen molar-refractivity contribution in [3.63, 3.8) is 0 Å². The first-order valence-corrected chi connectivity index (χ1v) is 11.8. The number of aromatic nitrogens is 3. The molecule has 2 aliphatic heterocycles. The highest BCUT2D eigenvalue weighted by molar-refractivity contribution is 6.07. The van der Waals surface area contributed by atoms with Gasteiger partial charge in [-0.1, -0.05) is 12.1 Å². The van der Waals surface area contributed by atoms with Gasteiger partial charge in [0.2, 0.25) is 5.95 Å². The molecular formula is C26H30N6O3. The molecule has 0 bridgehead atoms. The standard InChI is InChI=1S/C26H30N6O3/c1-18-16-20(8-11-27-18)19-4-6-21(7-5-19)29-25-28-17-22-23(30-25)31(2)26(9-13-35-14-10-26)24(33)32(22)12-15-34-3/h4-8,11,16-17H,9-10,12-15H2,1-3H3,(H,28,29,30). The van der Waals surface area contributed by atoms with Crippen molar-refractivity contribution in [2.45, 2.75) is 25.3 Å². The normalized spacial score (nSPS) is 16.9. The summed E-state index contributed by atoms with van der Waals surface area (Å²) >= 11 is 0. The molecule has 0 radical (unpaired) electrons. The third kappa shape index (κ3) is 4.33. The van der Waals surface area contributed by atoms with Crippen LogP contribution in [0.15, 0.2) is 48.8 Å². The molecule has 1 aromatic carbocycles. The number of benzene rings is 1. The van der Waals surface area contributed by atoms with Gasteiger partial charge in [-0.15, -0.1) is 0 Å². The van der Waals surface area contributed by atoms with Crippen LogP contribution in [0.4, 0.5) is 23.1 Å². The number of aryl methyl sites for hydroxylation is 1. The SMILES string of the molecule is COCCN1C(=O)C2(CCOCC2)N(C)c2nc(Nc3ccc(-c4ccnc(C)c4)cc3)ncc21. The molecule has 2 aromatic heterocycles. The number of pyridine rings is 1. The smallest absolute Gasteiger partial charge is 0.253 e. The average molecular weight is 475 g/mol. The molecule has 2 aliphatic rings. The van der Waals surface area contributed by atoms with E-state index < -0.39 is 5.54 Å².